The zero-order valence-electron chi connectivity index (χ0n) is 17.2. The first-order valence-electron chi connectivity index (χ1n) is 10.0. The monoisotopic (exact) mass is 418 g/mol. The summed E-state index contributed by atoms with van der Waals surface area (Å²) in [4.78, 5) is 10.4. The highest BCUT2D eigenvalue weighted by atomic mass is 16.6. The van der Waals surface area contributed by atoms with E-state index in [4.69, 9.17) is 0 Å². The molecule has 0 radical (unpaired) electrons. The topological polar surface area (TPSA) is 136 Å². The van der Waals surface area contributed by atoms with Crippen LogP contribution in [0.3, 0.4) is 0 Å². The van der Waals surface area contributed by atoms with Crippen LogP contribution in [-0.2, 0) is 6.54 Å². The summed E-state index contributed by atoms with van der Waals surface area (Å²) in [7, 11) is 0. The molecule has 0 saturated heterocycles. The second kappa shape index (κ2) is 10.9. The number of aliphatic hydroxyl groups excluding tert-OH is 2. The van der Waals surface area contributed by atoms with Crippen molar-refractivity contribution in [2.75, 3.05) is 6.54 Å². The van der Waals surface area contributed by atoms with Crippen molar-refractivity contribution in [1.29, 1.82) is 0 Å². The average molecular weight is 418 g/mol. The van der Waals surface area contributed by atoms with Crippen LogP contribution in [0, 0.1) is 22.0 Å². The quantitative estimate of drug-likeness (QED) is 0.215. The van der Waals surface area contributed by atoms with Crippen molar-refractivity contribution in [2.24, 2.45) is 11.8 Å². The number of phenols is 2. The molecule has 0 aliphatic heterocycles. The Morgan fingerprint density at radius 2 is 1.73 bits per heavy atom. The van der Waals surface area contributed by atoms with Crippen molar-refractivity contribution in [3.8, 4) is 11.5 Å². The molecule has 2 aromatic rings. The van der Waals surface area contributed by atoms with Gasteiger partial charge >= 0.3 is 0 Å². The van der Waals surface area contributed by atoms with Gasteiger partial charge in [-0.2, -0.15) is 0 Å². The lowest BCUT2D eigenvalue weighted by Crippen LogP contribution is -2.31. The van der Waals surface area contributed by atoms with Crippen LogP contribution < -0.4 is 5.32 Å². The van der Waals surface area contributed by atoms with Gasteiger partial charge in [-0.05, 0) is 48.6 Å². The van der Waals surface area contributed by atoms with Crippen molar-refractivity contribution in [1.82, 2.24) is 5.32 Å². The molecule has 2 rings (SSSR count). The predicted octanol–water partition coefficient (Wildman–Crippen LogP) is 3.24. The molecule has 0 aliphatic carbocycles. The number of benzene rings is 2. The molecule has 8 nitrogen and oxygen atoms in total. The molecule has 0 aromatic heterocycles. The zero-order valence-corrected chi connectivity index (χ0v) is 17.2. The minimum Gasteiger partial charge on any atom is -0.508 e. The van der Waals surface area contributed by atoms with Crippen molar-refractivity contribution in [3.05, 3.63) is 63.7 Å². The van der Waals surface area contributed by atoms with Crippen molar-refractivity contribution in [3.63, 3.8) is 0 Å². The maximum atomic E-state index is 10.9. The first kappa shape index (κ1) is 23.6. The van der Waals surface area contributed by atoms with E-state index in [-0.39, 0.29) is 23.1 Å². The Kier molecular flexibility index (Phi) is 8.58. The molecular weight excluding hydrogens is 388 g/mol. The molecule has 0 bridgehead atoms. The van der Waals surface area contributed by atoms with Gasteiger partial charge in [-0.3, -0.25) is 10.1 Å². The van der Waals surface area contributed by atoms with Crippen molar-refractivity contribution < 1.29 is 25.3 Å². The molecular formula is C22H30N2O6. The lowest BCUT2D eigenvalue weighted by atomic mass is 9.83. The van der Waals surface area contributed by atoms with Crippen LogP contribution in [0.4, 0.5) is 5.69 Å². The van der Waals surface area contributed by atoms with Gasteiger partial charge in [-0.1, -0.05) is 26.0 Å². The molecule has 0 heterocycles. The summed E-state index contributed by atoms with van der Waals surface area (Å²) < 4.78 is 0. The third-order valence-corrected chi connectivity index (χ3v) is 4.98. The molecule has 0 aliphatic rings. The number of nitro benzene ring substituents is 1. The molecule has 5 N–H and O–H groups in total. The fourth-order valence-electron chi connectivity index (χ4n) is 3.55. The van der Waals surface area contributed by atoms with Crippen LogP contribution in [-0.4, -0.2) is 38.0 Å². The number of nitrogens with zero attached hydrogens (tertiary/aromatic N) is 1. The summed E-state index contributed by atoms with van der Waals surface area (Å²) in [5.74, 6) is -0.560. The highest BCUT2D eigenvalue weighted by molar-refractivity contribution is 5.38. The van der Waals surface area contributed by atoms with Gasteiger partial charge < -0.3 is 25.7 Å². The van der Waals surface area contributed by atoms with Gasteiger partial charge in [0.1, 0.15) is 11.5 Å². The van der Waals surface area contributed by atoms with Gasteiger partial charge in [-0.15, -0.1) is 0 Å². The van der Waals surface area contributed by atoms with Crippen LogP contribution in [0.2, 0.25) is 0 Å². The number of phenolic OH excluding ortho intramolecular Hbond substituents is 2. The van der Waals surface area contributed by atoms with Gasteiger partial charge in [0.15, 0.2) is 0 Å². The van der Waals surface area contributed by atoms with E-state index in [2.05, 4.69) is 5.32 Å². The predicted molar refractivity (Wildman–Crippen MR) is 113 cm³/mol. The van der Waals surface area contributed by atoms with E-state index in [1.165, 1.54) is 30.3 Å². The van der Waals surface area contributed by atoms with E-state index < -0.39 is 23.0 Å². The Hall–Kier alpha value is -2.68. The second-order valence-electron chi connectivity index (χ2n) is 7.98. The highest BCUT2D eigenvalue weighted by Gasteiger charge is 2.29. The number of aliphatic hydroxyl groups is 2. The Morgan fingerprint density at radius 1 is 1.07 bits per heavy atom. The zero-order chi connectivity index (χ0) is 22.3. The SMILES string of the molecule is CC(C)C[C@H]([C@H](O)CCNCc1cccc([N+](=O)[O-])c1)[C@@H](O)c1cc(O)cc(O)c1. The first-order valence-corrected chi connectivity index (χ1v) is 10.0. The normalized spacial score (nSPS) is 14.4. The molecule has 0 fully saturated rings. The fourth-order valence-corrected chi connectivity index (χ4v) is 3.55. The Balaban J connectivity index is 1.97. The number of nitrogens with one attached hydrogen (secondary N) is 1. The molecule has 164 valence electrons. The number of aromatic hydroxyl groups is 2. The lowest BCUT2D eigenvalue weighted by molar-refractivity contribution is -0.384. The molecule has 0 spiro atoms. The smallest absolute Gasteiger partial charge is 0.269 e. The second-order valence-corrected chi connectivity index (χ2v) is 7.98. The Morgan fingerprint density at radius 3 is 2.33 bits per heavy atom. The van der Waals surface area contributed by atoms with E-state index in [9.17, 15) is 30.5 Å². The number of non-ortho nitro benzene ring substituents is 1. The van der Waals surface area contributed by atoms with Crippen molar-refractivity contribution in [2.45, 2.75) is 45.4 Å². The standard InChI is InChI=1S/C22H30N2O6/c1-14(2)8-20(22(28)16-10-18(25)12-19(26)11-16)21(27)6-7-23-13-15-4-3-5-17(9-15)24(29)30/h3-5,9-12,14,20-23,25-28H,6-8,13H2,1-2H3/t20-,21-,22+/m1/s1. The first-order chi connectivity index (χ1) is 14.2. The maximum absolute atomic E-state index is 10.9. The third-order valence-electron chi connectivity index (χ3n) is 4.98. The summed E-state index contributed by atoms with van der Waals surface area (Å²) >= 11 is 0. The van der Waals surface area contributed by atoms with Gasteiger partial charge in [0.05, 0.1) is 17.1 Å². The summed E-state index contributed by atoms with van der Waals surface area (Å²) in [5, 5.41) is 54.9. The summed E-state index contributed by atoms with van der Waals surface area (Å²) in [5.41, 5.74) is 1.15. The third kappa shape index (κ3) is 6.98. The van der Waals surface area contributed by atoms with E-state index >= 15 is 0 Å². The van der Waals surface area contributed by atoms with Crippen LogP contribution in [0.5, 0.6) is 11.5 Å². The van der Waals surface area contributed by atoms with Crippen LogP contribution in [0.15, 0.2) is 42.5 Å². The van der Waals surface area contributed by atoms with Gasteiger partial charge in [0, 0.05) is 30.7 Å². The summed E-state index contributed by atoms with van der Waals surface area (Å²) in [6, 6.07) is 10.3. The molecule has 3 atom stereocenters. The lowest BCUT2D eigenvalue weighted by Gasteiger charge is -2.29. The number of nitro groups is 1. The Labute approximate surface area is 176 Å². The number of hydrogen-bond acceptors (Lipinski definition) is 7. The van der Waals surface area contributed by atoms with Crippen molar-refractivity contribution >= 4 is 5.69 Å². The minimum absolute atomic E-state index is 0.0313. The van der Waals surface area contributed by atoms with E-state index in [0.717, 1.165) is 5.56 Å². The van der Waals surface area contributed by atoms with Gasteiger partial charge in [-0.25, -0.2) is 0 Å². The van der Waals surface area contributed by atoms with E-state index in [0.29, 0.717) is 31.5 Å². The van der Waals surface area contributed by atoms with Gasteiger partial charge in [0.25, 0.3) is 5.69 Å². The molecule has 0 amide bonds. The van der Waals surface area contributed by atoms with Crippen LogP contribution in [0.25, 0.3) is 0 Å². The van der Waals surface area contributed by atoms with Crippen LogP contribution in [0.1, 0.15) is 43.9 Å². The molecule has 2 aromatic carbocycles. The average Bonchev–Trinajstić information content (AvgIpc) is 2.68. The maximum Gasteiger partial charge on any atom is 0.269 e. The summed E-state index contributed by atoms with van der Waals surface area (Å²) in [6.45, 7) is 4.86. The van der Waals surface area contributed by atoms with E-state index in [1.54, 1.807) is 12.1 Å². The molecule has 0 unspecified atom stereocenters. The molecule has 30 heavy (non-hydrogen) atoms. The summed E-state index contributed by atoms with van der Waals surface area (Å²) in [6.07, 6.45) is -0.931. The highest BCUT2D eigenvalue weighted by Crippen LogP contribution is 2.34. The van der Waals surface area contributed by atoms with Crippen LogP contribution >= 0.6 is 0 Å². The largest absolute Gasteiger partial charge is 0.508 e. The fraction of sp³-hybridized carbons (Fsp3) is 0.455. The number of hydrogen-bond donors (Lipinski definition) is 5. The number of rotatable bonds is 11. The van der Waals surface area contributed by atoms with Gasteiger partial charge in [0.2, 0.25) is 0 Å². The minimum atomic E-state index is -1.04. The molecule has 0 saturated carbocycles. The molecule has 8 heteroatoms. The Bertz CT molecular complexity index is 822. The van der Waals surface area contributed by atoms with E-state index in [1.807, 2.05) is 13.8 Å².